The molecule has 1 aromatic heterocycles. The molecule has 0 amide bonds. The lowest BCUT2D eigenvalue weighted by Gasteiger charge is -2.10. The topological polar surface area (TPSA) is 75.3 Å². The highest BCUT2D eigenvalue weighted by atomic mass is 127. The minimum absolute atomic E-state index is 0. The van der Waals surface area contributed by atoms with Gasteiger partial charge in [-0.2, -0.15) is 4.98 Å². The number of hydrogen-bond donors (Lipinski definition) is 2. The summed E-state index contributed by atoms with van der Waals surface area (Å²) in [6.45, 7) is 5.54. The van der Waals surface area contributed by atoms with Crippen LogP contribution in [-0.2, 0) is 13.0 Å². The Morgan fingerprint density at radius 3 is 2.61 bits per heavy atom. The molecule has 0 fully saturated rings. The summed E-state index contributed by atoms with van der Waals surface area (Å²) in [6, 6.07) is 6.49. The van der Waals surface area contributed by atoms with Gasteiger partial charge in [0, 0.05) is 13.1 Å². The lowest BCUT2D eigenvalue weighted by atomic mass is 10.1. The fourth-order valence-electron chi connectivity index (χ4n) is 1.87. The lowest BCUT2D eigenvalue weighted by Crippen LogP contribution is -2.38. The van der Waals surface area contributed by atoms with Crippen LogP contribution in [0.2, 0.25) is 0 Å². The van der Waals surface area contributed by atoms with Crippen LogP contribution < -0.4 is 10.6 Å². The van der Waals surface area contributed by atoms with Crippen LogP contribution in [0.1, 0.15) is 24.2 Å². The molecule has 23 heavy (non-hydrogen) atoms. The van der Waals surface area contributed by atoms with E-state index in [9.17, 15) is 4.39 Å². The van der Waals surface area contributed by atoms with Gasteiger partial charge >= 0.3 is 0 Å². The van der Waals surface area contributed by atoms with E-state index in [4.69, 9.17) is 4.52 Å². The third kappa shape index (κ3) is 6.93. The maximum absolute atomic E-state index is 12.8. The van der Waals surface area contributed by atoms with Crippen LogP contribution in [0.5, 0.6) is 0 Å². The normalized spacial score (nSPS) is 11.0. The molecule has 0 saturated carbocycles. The number of hydrogen-bond acceptors (Lipinski definition) is 4. The predicted octanol–water partition coefficient (Wildman–Crippen LogP) is 2.43. The summed E-state index contributed by atoms with van der Waals surface area (Å²) in [5.74, 6) is 1.54. The highest BCUT2D eigenvalue weighted by Crippen LogP contribution is 2.02. The van der Waals surface area contributed by atoms with Crippen LogP contribution in [0, 0.1) is 12.7 Å². The molecule has 0 radical (unpaired) electrons. The van der Waals surface area contributed by atoms with E-state index in [1.165, 1.54) is 12.1 Å². The minimum atomic E-state index is -0.221. The van der Waals surface area contributed by atoms with E-state index in [1.807, 2.05) is 6.92 Å². The van der Waals surface area contributed by atoms with Gasteiger partial charge in [0.25, 0.3) is 0 Å². The SMILES string of the molecule is CCNC(=NCc1nc(C)no1)NCCc1ccc(F)cc1.I. The maximum atomic E-state index is 12.8. The molecule has 1 heterocycles. The van der Waals surface area contributed by atoms with Gasteiger partial charge in [-0.05, 0) is 38.0 Å². The fraction of sp³-hybridized carbons (Fsp3) is 0.400. The third-order valence-corrected chi connectivity index (χ3v) is 2.91. The Morgan fingerprint density at radius 2 is 2.00 bits per heavy atom. The number of aryl methyl sites for hydroxylation is 1. The van der Waals surface area contributed by atoms with Crippen molar-refractivity contribution in [3.63, 3.8) is 0 Å². The van der Waals surface area contributed by atoms with Crippen molar-refractivity contribution in [2.75, 3.05) is 13.1 Å². The molecule has 2 rings (SSSR count). The molecule has 6 nitrogen and oxygen atoms in total. The van der Waals surface area contributed by atoms with Gasteiger partial charge in [0.2, 0.25) is 5.89 Å². The van der Waals surface area contributed by atoms with Gasteiger partial charge in [0.05, 0.1) is 0 Å². The van der Waals surface area contributed by atoms with Gasteiger partial charge < -0.3 is 15.2 Å². The second-order valence-electron chi connectivity index (χ2n) is 4.73. The Bertz CT molecular complexity index is 615. The lowest BCUT2D eigenvalue weighted by molar-refractivity contribution is 0.376. The highest BCUT2D eigenvalue weighted by Gasteiger charge is 2.03. The van der Waals surface area contributed by atoms with Crippen molar-refractivity contribution >= 4 is 29.9 Å². The monoisotopic (exact) mass is 433 g/mol. The first-order valence-corrected chi connectivity index (χ1v) is 7.23. The van der Waals surface area contributed by atoms with Crippen molar-refractivity contribution in [1.29, 1.82) is 0 Å². The summed E-state index contributed by atoms with van der Waals surface area (Å²) >= 11 is 0. The summed E-state index contributed by atoms with van der Waals surface area (Å²) in [7, 11) is 0. The quantitative estimate of drug-likeness (QED) is 0.416. The number of aromatic nitrogens is 2. The standard InChI is InChI=1S/C15H20FN5O.HI/c1-3-17-15(19-10-14-20-11(2)21-22-14)18-9-8-12-4-6-13(16)7-5-12;/h4-7H,3,8-10H2,1-2H3,(H2,17,18,19);1H. The molecule has 0 aliphatic heterocycles. The smallest absolute Gasteiger partial charge is 0.248 e. The molecule has 0 saturated heterocycles. The summed E-state index contributed by atoms with van der Waals surface area (Å²) in [5.41, 5.74) is 1.07. The molecule has 0 aliphatic carbocycles. The van der Waals surface area contributed by atoms with Crippen LogP contribution in [-0.4, -0.2) is 29.2 Å². The molecule has 2 aromatic rings. The first-order chi connectivity index (χ1) is 10.7. The Labute approximate surface area is 152 Å². The molecule has 1 aromatic carbocycles. The molecule has 0 spiro atoms. The van der Waals surface area contributed by atoms with Crippen LogP contribution in [0.25, 0.3) is 0 Å². The van der Waals surface area contributed by atoms with E-state index in [-0.39, 0.29) is 29.8 Å². The zero-order chi connectivity index (χ0) is 15.8. The maximum Gasteiger partial charge on any atom is 0.248 e. The Hall–Kier alpha value is -1.71. The number of halogens is 2. The van der Waals surface area contributed by atoms with Gasteiger partial charge in [0.15, 0.2) is 11.8 Å². The van der Waals surface area contributed by atoms with Crippen molar-refractivity contribution in [3.05, 3.63) is 47.4 Å². The summed E-state index contributed by atoms with van der Waals surface area (Å²) < 4.78 is 17.9. The number of rotatable bonds is 6. The minimum Gasteiger partial charge on any atom is -0.357 e. The number of nitrogens with one attached hydrogen (secondary N) is 2. The van der Waals surface area contributed by atoms with E-state index in [1.54, 1.807) is 19.1 Å². The number of guanidine groups is 1. The first-order valence-electron chi connectivity index (χ1n) is 7.23. The Morgan fingerprint density at radius 1 is 1.26 bits per heavy atom. The van der Waals surface area contributed by atoms with Crippen molar-refractivity contribution in [2.45, 2.75) is 26.8 Å². The van der Waals surface area contributed by atoms with E-state index < -0.39 is 0 Å². The van der Waals surface area contributed by atoms with Crippen LogP contribution in [0.15, 0.2) is 33.8 Å². The van der Waals surface area contributed by atoms with Gasteiger partial charge in [-0.15, -0.1) is 24.0 Å². The summed E-state index contributed by atoms with van der Waals surface area (Å²) in [5, 5.41) is 10.1. The van der Waals surface area contributed by atoms with Gasteiger partial charge in [-0.25, -0.2) is 9.38 Å². The van der Waals surface area contributed by atoms with Crippen molar-refractivity contribution < 1.29 is 8.91 Å². The van der Waals surface area contributed by atoms with Crippen LogP contribution in [0.3, 0.4) is 0 Å². The molecule has 2 N–H and O–H groups in total. The van der Waals surface area contributed by atoms with Crippen molar-refractivity contribution in [2.24, 2.45) is 4.99 Å². The zero-order valence-corrected chi connectivity index (χ0v) is 15.5. The molecule has 0 atom stereocenters. The third-order valence-electron chi connectivity index (χ3n) is 2.91. The summed E-state index contributed by atoms with van der Waals surface area (Å²) in [4.78, 5) is 8.48. The van der Waals surface area contributed by atoms with E-state index in [2.05, 4.69) is 25.8 Å². The second kappa shape index (κ2) is 10.1. The Balaban J connectivity index is 0.00000264. The van der Waals surface area contributed by atoms with Crippen molar-refractivity contribution in [3.8, 4) is 0 Å². The highest BCUT2D eigenvalue weighted by molar-refractivity contribution is 14.0. The first kappa shape index (κ1) is 19.3. The number of nitrogens with zero attached hydrogens (tertiary/aromatic N) is 3. The molecule has 126 valence electrons. The molecule has 0 bridgehead atoms. The molecule has 8 heteroatoms. The van der Waals surface area contributed by atoms with E-state index >= 15 is 0 Å². The predicted molar refractivity (Wildman–Crippen MR) is 97.4 cm³/mol. The Kier molecular flexibility index (Phi) is 8.52. The largest absolute Gasteiger partial charge is 0.357 e. The van der Waals surface area contributed by atoms with Crippen LogP contribution in [0.4, 0.5) is 4.39 Å². The van der Waals surface area contributed by atoms with Gasteiger partial charge in [-0.1, -0.05) is 17.3 Å². The summed E-state index contributed by atoms with van der Waals surface area (Å²) in [6.07, 6.45) is 0.782. The molecular formula is C15H21FIN5O. The van der Waals surface area contributed by atoms with E-state index in [0.29, 0.717) is 30.8 Å². The van der Waals surface area contributed by atoms with E-state index in [0.717, 1.165) is 18.5 Å². The average molecular weight is 433 g/mol. The fourth-order valence-corrected chi connectivity index (χ4v) is 1.87. The molecular weight excluding hydrogens is 412 g/mol. The van der Waals surface area contributed by atoms with Gasteiger partial charge in [0.1, 0.15) is 12.4 Å². The molecule has 0 unspecified atom stereocenters. The van der Waals surface area contributed by atoms with Gasteiger partial charge in [-0.3, -0.25) is 0 Å². The van der Waals surface area contributed by atoms with Crippen LogP contribution >= 0.6 is 24.0 Å². The number of aliphatic imine (C=N–C) groups is 1. The zero-order valence-electron chi connectivity index (χ0n) is 13.2. The second-order valence-corrected chi connectivity index (χ2v) is 4.73. The number of benzene rings is 1. The average Bonchev–Trinajstić information content (AvgIpc) is 2.92. The van der Waals surface area contributed by atoms with Crippen molar-refractivity contribution in [1.82, 2.24) is 20.8 Å². The molecule has 0 aliphatic rings.